The monoisotopic (exact) mass is 304 g/mol. The number of benzene rings is 1. The van der Waals surface area contributed by atoms with Crippen molar-refractivity contribution in [2.45, 2.75) is 11.8 Å². The average Bonchev–Trinajstić information content (AvgIpc) is 2.24. The number of amides is 1. The molecule has 0 aromatic heterocycles. The van der Waals surface area contributed by atoms with Crippen LogP contribution in [0.3, 0.4) is 0 Å². The van der Waals surface area contributed by atoms with Crippen LogP contribution in [0, 0.1) is 15.9 Å². The van der Waals surface area contributed by atoms with Gasteiger partial charge >= 0.3 is 0 Å². The van der Waals surface area contributed by atoms with Crippen molar-refractivity contribution < 1.29 is 14.1 Å². The molecule has 1 aromatic carbocycles. The van der Waals surface area contributed by atoms with Gasteiger partial charge in [-0.25, -0.2) is 4.39 Å². The van der Waals surface area contributed by atoms with Crippen LogP contribution in [0.5, 0.6) is 0 Å². The van der Waals surface area contributed by atoms with Crippen LogP contribution in [0.4, 0.5) is 10.1 Å². The Kier molecular flexibility index (Phi) is 4.56. The highest BCUT2D eigenvalue weighted by atomic mass is 79.9. The summed E-state index contributed by atoms with van der Waals surface area (Å²) in [5, 5.41) is 13.0. The highest BCUT2D eigenvalue weighted by molar-refractivity contribution is 9.09. The number of alkyl halides is 1. The van der Waals surface area contributed by atoms with Crippen LogP contribution < -0.4 is 5.32 Å². The number of halogens is 2. The van der Waals surface area contributed by atoms with Gasteiger partial charge in [0.25, 0.3) is 11.6 Å². The second kappa shape index (κ2) is 5.72. The summed E-state index contributed by atoms with van der Waals surface area (Å²) in [6, 6.07) is 2.77. The highest BCUT2D eigenvalue weighted by Crippen LogP contribution is 2.16. The maximum absolute atomic E-state index is 13.1. The van der Waals surface area contributed by atoms with Crippen molar-refractivity contribution in [1.29, 1.82) is 0 Å². The molecule has 0 saturated heterocycles. The predicted molar refractivity (Wildman–Crippen MR) is 63.8 cm³/mol. The molecule has 0 aliphatic heterocycles. The Bertz CT molecular complexity index is 451. The summed E-state index contributed by atoms with van der Waals surface area (Å²) in [4.78, 5) is 21.4. The lowest BCUT2D eigenvalue weighted by Gasteiger charge is -2.06. The van der Waals surface area contributed by atoms with Crippen molar-refractivity contribution in [3.63, 3.8) is 0 Å². The van der Waals surface area contributed by atoms with Gasteiger partial charge in [0.15, 0.2) is 0 Å². The number of carbonyl (C=O) groups excluding carboxylic acids is 1. The Morgan fingerprint density at radius 2 is 2.24 bits per heavy atom. The maximum Gasteiger partial charge on any atom is 0.273 e. The van der Waals surface area contributed by atoms with E-state index in [-0.39, 0.29) is 10.4 Å². The summed E-state index contributed by atoms with van der Waals surface area (Å²) in [6.45, 7) is 2.18. The molecule has 17 heavy (non-hydrogen) atoms. The van der Waals surface area contributed by atoms with Crippen molar-refractivity contribution in [2.75, 3.05) is 6.54 Å². The Morgan fingerprint density at radius 3 is 2.76 bits per heavy atom. The van der Waals surface area contributed by atoms with Crippen molar-refractivity contribution in [1.82, 2.24) is 5.32 Å². The first-order chi connectivity index (χ1) is 7.90. The van der Waals surface area contributed by atoms with Crippen molar-refractivity contribution in [3.05, 3.63) is 39.7 Å². The molecule has 1 atom stereocenters. The maximum atomic E-state index is 13.1. The molecule has 92 valence electrons. The van der Waals surface area contributed by atoms with Gasteiger partial charge in [0.1, 0.15) is 5.82 Å². The molecule has 0 fully saturated rings. The van der Waals surface area contributed by atoms with E-state index in [0.717, 1.165) is 18.2 Å². The third-order valence-corrected chi connectivity index (χ3v) is 2.22. The normalized spacial score (nSPS) is 11.9. The van der Waals surface area contributed by atoms with Crippen molar-refractivity contribution in [3.8, 4) is 0 Å². The van der Waals surface area contributed by atoms with Crippen LogP contribution in [0.1, 0.15) is 17.3 Å². The number of hydrogen-bond donors (Lipinski definition) is 1. The second-order valence-electron chi connectivity index (χ2n) is 3.45. The summed E-state index contributed by atoms with van der Waals surface area (Å²) in [6.07, 6.45) is 0. The van der Waals surface area contributed by atoms with E-state index < -0.39 is 22.3 Å². The number of hydrogen-bond acceptors (Lipinski definition) is 3. The van der Waals surface area contributed by atoms with Gasteiger partial charge in [0.2, 0.25) is 0 Å². The number of carbonyl (C=O) groups is 1. The first-order valence-electron chi connectivity index (χ1n) is 4.77. The molecular formula is C10H10BrFN2O3. The molecule has 0 heterocycles. The average molecular weight is 305 g/mol. The Labute approximate surface area is 105 Å². The van der Waals surface area contributed by atoms with Crippen LogP contribution in [-0.2, 0) is 0 Å². The zero-order valence-electron chi connectivity index (χ0n) is 8.94. The third-order valence-electron chi connectivity index (χ3n) is 1.90. The van der Waals surface area contributed by atoms with Gasteiger partial charge in [-0.1, -0.05) is 22.9 Å². The van der Waals surface area contributed by atoms with Crippen molar-refractivity contribution in [2.24, 2.45) is 0 Å². The summed E-state index contributed by atoms with van der Waals surface area (Å²) < 4.78 is 13.1. The second-order valence-corrected chi connectivity index (χ2v) is 5.01. The minimum Gasteiger partial charge on any atom is -0.351 e. The SMILES string of the molecule is CC(Br)CNC(=O)c1cc(F)cc([N+](=O)[O-])c1. The van der Waals surface area contributed by atoms with Crippen LogP contribution in [-0.4, -0.2) is 22.2 Å². The largest absolute Gasteiger partial charge is 0.351 e. The fourth-order valence-corrected chi connectivity index (χ4v) is 1.31. The Balaban J connectivity index is 2.90. The molecule has 5 nitrogen and oxygen atoms in total. The summed E-state index contributed by atoms with van der Waals surface area (Å²) >= 11 is 3.23. The molecule has 1 N–H and O–H groups in total. The molecule has 0 aliphatic carbocycles. The molecule has 7 heteroatoms. The first kappa shape index (κ1) is 13.6. The number of non-ortho nitro benzene ring substituents is 1. The Hall–Kier alpha value is -1.50. The zero-order valence-corrected chi connectivity index (χ0v) is 10.5. The van der Waals surface area contributed by atoms with Crippen LogP contribution in [0.25, 0.3) is 0 Å². The van der Waals surface area contributed by atoms with Crippen LogP contribution in [0.2, 0.25) is 0 Å². The minimum atomic E-state index is -0.809. The molecule has 0 radical (unpaired) electrons. The van der Waals surface area contributed by atoms with E-state index in [2.05, 4.69) is 21.2 Å². The third kappa shape index (κ3) is 4.10. The van der Waals surface area contributed by atoms with Gasteiger partial charge in [0, 0.05) is 23.0 Å². The number of nitro benzene ring substituents is 1. The summed E-state index contributed by atoms with van der Waals surface area (Å²) in [5.74, 6) is -1.35. The van der Waals surface area contributed by atoms with Gasteiger partial charge < -0.3 is 5.32 Å². The molecule has 1 amide bonds. The molecule has 0 saturated carbocycles. The quantitative estimate of drug-likeness (QED) is 0.527. The van der Waals surface area contributed by atoms with E-state index in [9.17, 15) is 19.3 Å². The first-order valence-corrected chi connectivity index (χ1v) is 5.69. The molecule has 1 unspecified atom stereocenters. The minimum absolute atomic E-state index is 0.0648. The summed E-state index contributed by atoms with van der Waals surface area (Å²) in [5.41, 5.74) is -0.508. The summed E-state index contributed by atoms with van der Waals surface area (Å²) in [7, 11) is 0. The molecule has 0 spiro atoms. The lowest BCUT2D eigenvalue weighted by atomic mass is 10.2. The van der Waals surface area contributed by atoms with Gasteiger partial charge in [-0.05, 0) is 6.07 Å². The number of nitrogens with one attached hydrogen (secondary N) is 1. The zero-order chi connectivity index (χ0) is 13.0. The molecule has 1 rings (SSSR count). The van der Waals surface area contributed by atoms with E-state index >= 15 is 0 Å². The highest BCUT2D eigenvalue weighted by Gasteiger charge is 2.14. The lowest BCUT2D eigenvalue weighted by molar-refractivity contribution is -0.385. The van der Waals surface area contributed by atoms with E-state index in [4.69, 9.17) is 0 Å². The van der Waals surface area contributed by atoms with E-state index in [1.54, 1.807) is 0 Å². The van der Waals surface area contributed by atoms with Gasteiger partial charge in [-0.15, -0.1) is 0 Å². The lowest BCUT2D eigenvalue weighted by Crippen LogP contribution is -2.28. The number of nitro groups is 1. The van der Waals surface area contributed by atoms with Crippen LogP contribution in [0.15, 0.2) is 18.2 Å². The molecule has 1 aromatic rings. The van der Waals surface area contributed by atoms with Crippen molar-refractivity contribution >= 4 is 27.5 Å². The smallest absolute Gasteiger partial charge is 0.273 e. The molecule has 0 bridgehead atoms. The molecule has 0 aliphatic rings. The van der Waals surface area contributed by atoms with Gasteiger partial charge in [-0.3, -0.25) is 14.9 Å². The number of nitrogens with zero attached hydrogens (tertiary/aromatic N) is 1. The topological polar surface area (TPSA) is 72.2 Å². The van der Waals surface area contributed by atoms with Gasteiger partial charge in [-0.2, -0.15) is 0 Å². The standard InChI is InChI=1S/C10H10BrFN2O3/c1-6(11)5-13-10(15)7-2-8(12)4-9(3-7)14(16)17/h2-4,6H,5H2,1H3,(H,13,15). The van der Waals surface area contributed by atoms with Gasteiger partial charge in [0.05, 0.1) is 11.0 Å². The Morgan fingerprint density at radius 1 is 1.59 bits per heavy atom. The van der Waals surface area contributed by atoms with Crippen LogP contribution >= 0.6 is 15.9 Å². The number of rotatable bonds is 4. The fourth-order valence-electron chi connectivity index (χ4n) is 1.15. The van der Waals surface area contributed by atoms with E-state index in [1.165, 1.54) is 0 Å². The predicted octanol–water partition coefficient (Wildman–Crippen LogP) is 2.25. The van der Waals surface area contributed by atoms with E-state index in [0.29, 0.717) is 6.54 Å². The van der Waals surface area contributed by atoms with E-state index in [1.807, 2.05) is 6.92 Å². The molecular weight excluding hydrogens is 295 g/mol. The fraction of sp³-hybridized carbons (Fsp3) is 0.300.